The Morgan fingerprint density at radius 1 is 0.840 bits per heavy atom. The van der Waals surface area contributed by atoms with Gasteiger partial charge in [0.15, 0.2) is 5.03 Å². The molecule has 0 unspecified atom stereocenters. The second kappa shape index (κ2) is 23.6. The van der Waals surface area contributed by atoms with Gasteiger partial charge in [0, 0.05) is 24.9 Å². The van der Waals surface area contributed by atoms with Crippen LogP contribution in [0.2, 0.25) is 0 Å². The summed E-state index contributed by atoms with van der Waals surface area (Å²) in [6.07, 6.45) is 25.4. The molecule has 50 heavy (non-hydrogen) atoms. The van der Waals surface area contributed by atoms with E-state index >= 15 is 0 Å². The number of nitrogens with zero attached hydrogens (tertiary/aromatic N) is 5. The summed E-state index contributed by atoms with van der Waals surface area (Å²) >= 11 is 2.79. The van der Waals surface area contributed by atoms with Crippen LogP contribution in [0.25, 0.3) is 5.57 Å². The predicted octanol–water partition coefficient (Wildman–Crippen LogP) is 10.8. The fourth-order valence-corrected chi connectivity index (χ4v) is 8.12. The summed E-state index contributed by atoms with van der Waals surface area (Å²) in [5.74, 6) is -1.35. The van der Waals surface area contributed by atoms with E-state index in [-0.39, 0.29) is 22.5 Å². The van der Waals surface area contributed by atoms with E-state index in [2.05, 4.69) is 52.4 Å². The van der Waals surface area contributed by atoms with Crippen molar-refractivity contribution in [3.8, 4) is 0 Å². The number of amidine groups is 1. The van der Waals surface area contributed by atoms with E-state index < -0.39 is 11.8 Å². The number of aliphatic hydroxyl groups excluding tert-OH is 1. The van der Waals surface area contributed by atoms with Crippen molar-refractivity contribution >= 4 is 50.6 Å². The standard InChI is InChI=1S/C39H61N5O4S2/c1-6-10-13-16-19-22-25-43(9-4)39-42-41-31(49-39)28-30(38(47)48-5)33-35(45)34(36(33)46)37-40-29-32(50-37)44(26-23-20-17-14-11-7-2)27-24-21-18-15-12-8-3/h28-29H,6-27H2,1-5H3/p+1. The average molecular weight is 729 g/mol. The van der Waals surface area contributed by atoms with Crippen molar-refractivity contribution in [1.82, 2.24) is 4.98 Å². The number of carbonyl (C=O) groups excluding carboxylic acids is 2. The fraction of sp³-hybridized carbons (Fsp3) is 0.692. The Hall–Kier alpha value is -2.79. The highest BCUT2D eigenvalue weighted by molar-refractivity contribution is 8.17. The number of aromatic nitrogens is 1. The van der Waals surface area contributed by atoms with Crippen molar-refractivity contribution in [2.45, 2.75) is 143 Å². The van der Waals surface area contributed by atoms with Gasteiger partial charge in [-0.3, -0.25) is 9.37 Å². The Labute approximate surface area is 309 Å². The molecule has 278 valence electrons. The van der Waals surface area contributed by atoms with Gasteiger partial charge < -0.3 is 14.7 Å². The number of aliphatic hydroxyl groups is 1. The van der Waals surface area contributed by atoms with E-state index in [1.165, 1.54) is 133 Å². The molecule has 1 aliphatic carbocycles. The number of methoxy groups -OCH3 is 1. The maximum atomic E-state index is 13.6. The molecule has 0 bridgehead atoms. The first-order chi connectivity index (χ1) is 24.4. The van der Waals surface area contributed by atoms with Crippen LogP contribution in [0.1, 0.15) is 148 Å². The quantitative estimate of drug-likeness (QED) is 0.0438. The number of hydrogen-bond donors (Lipinski definition) is 1. The van der Waals surface area contributed by atoms with E-state index in [1.807, 2.05) is 6.20 Å². The molecular formula is C39H62N5O4S2+. The Morgan fingerprint density at radius 2 is 1.40 bits per heavy atom. The minimum absolute atomic E-state index is 0.0232. The number of ketones is 1. The maximum absolute atomic E-state index is 13.6. The molecule has 0 aromatic carbocycles. The summed E-state index contributed by atoms with van der Waals surface area (Å²) < 4.78 is 7.22. The summed E-state index contributed by atoms with van der Waals surface area (Å²) in [6, 6.07) is 0. The molecule has 0 saturated carbocycles. The Bertz CT molecular complexity index is 1380. The molecule has 0 fully saturated rings. The zero-order valence-electron chi connectivity index (χ0n) is 31.4. The summed E-state index contributed by atoms with van der Waals surface area (Å²) in [5.41, 5.74) is 0.0694. The number of carbonyl (C=O) groups is 2. The van der Waals surface area contributed by atoms with Gasteiger partial charge in [-0.15, -0.1) is 0 Å². The molecular weight excluding hydrogens is 667 g/mol. The topological polar surface area (TPSA) is 107 Å². The molecule has 0 radical (unpaired) electrons. The molecule has 1 aliphatic heterocycles. The molecule has 1 aromatic heterocycles. The highest BCUT2D eigenvalue weighted by Crippen LogP contribution is 2.42. The number of hydrogen-bond acceptors (Lipinski definition) is 9. The summed E-state index contributed by atoms with van der Waals surface area (Å²) in [5, 5.41) is 22.6. The van der Waals surface area contributed by atoms with Crippen LogP contribution in [0, 0.1) is 0 Å². The van der Waals surface area contributed by atoms with Crippen LogP contribution < -0.4 is 4.90 Å². The Morgan fingerprint density at radius 3 is 1.94 bits per heavy atom. The lowest BCUT2D eigenvalue weighted by molar-refractivity contribution is -0.523. The number of esters is 1. The molecule has 9 nitrogen and oxygen atoms in total. The van der Waals surface area contributed by atoms with E-state index in [0.717, 1.165) is 55.6 Å². The lowest BCUT2D eigenvalue weighted by Gasteiger charge is -2.23. The van der Waals surface area contributed by atoms with Gasteiger partial charge in [0.25, 0.3) is 0 Å². The normalized spacial score (nSPS) is 17.1. The zero-order chi connectivity index (χ0) is 36.1. The third-order valence-electron chi connectivity index (χ3n) is 9.32. The molecule has 0 spiro atoms. The molecule has 11 heteroatoms. The third-order valence-corrected chi connectivity index (χ3v) is 11.3. The predicted molar refractivity (Wildman–Crippen MR) is 209 cm³/mol. The van der Waals surface area contributed by atoms with Crippen LogP contribution in [0.15, 0.2) is 44.4 Å². The second-order valence-electron chi connectivity index (χ2n) is 13.3. The van der Waals surface area contributed by atoms with Crippen LogP contribution in [0.3, 0.4) is 0 Å². The van der Waals surface area contributed by atoms with Crippen LogP contribution in [-0.2, 0) is 14.3 Å². The molecule has 2 aliphatic rings. The number of allylic oxidation sites excluding steroid dienone is 2. The number of thiazole rings is 1. The number of rotatable bonds is 26. The Kier molecular flexibility index (Phi) is 19.7. The molecule has 1 aromatic rings. The van der Waals surface area contributed by atoms with Crippen molar-refractivity contribution in [3.63, 3.8) is 0 Å². The number of unbranched alkanes of at least 4 members (excludes halogenated alkanes) is 15. The average Bonchev–Trinajstić information content (AvgIpc) is 3.79. The van der Waals surface area contributed by atoms with Gasteiger partial charge in [0.05, 0.1) is 42.7 Å². The minimum Gasteiger partial charge on any atom is -0.506 e. The smallest absolute Gasteiger partial charge is 0.387 e. The number of thioether (sulfide) groups is 1. The second-order valence-corrected chi connectivity index (χ2v) is 15.3. The zero-order valence-corrected chi connectivity index (χ0v) is 33.1. The van der Waals surface area contributed by atoms with Crippen molar-refractivity contribution in [3.05, 3.63) is 39.2 Å². The molecule has 1 N–H and O–H groups in total. The molecule has 0 amide bonds. The lowest BCUT2D eigenvalue weighted by Crippen LogP contribution is -2.25. The largest absolute Gasteiger partial charge is 0.506 e. The van der Waals surface area contributed by atoms with Gasteiger partial charge in [-0.1, -0.05) is 122 Å². The van der Waals surface area contributed by atoms with E-state index in [9.17, 15) is 14.7 Å². The van der Waals surface area contributed by atoms with Crippen molar-refractivity contribution < 1.29 is 24.0 Å². The van der Waals surface area contributed by atoms with Crippen LogP contribution in [-0.4, -0.2) is 64.9 Å². The van der Waals surface area contributed by atoms with Crippen molar-refractivity contribution in [1.29, 1.82) is 0 Å². The van der Waals surface area contributed by atoms with E-state index in [0.29, 0.717) is 10.0 Å². The molecule has 0 atom stereocenters. The van der Waals surface area contributed by atoms with E-state index in [4.69, 9.17) is 4.74 Å². The van der Waals surface area contributed by atoms with Crippen molar-refractivity contribution in [2.24, 2.45) is 10.2 Å². The first-order valence-electron chi connectivity index (χ1n) is 19.3. The van der Waals surface area contributed by atoms with Gasteiger partial charge in [-0.25, -0.2) is 9.78 Å². The fourth-order valence-electron chi connectivity index (χ4n) is 6.23. The number of anilines is 1. The van der Waals surface area contributed by atoms with Gasteiger partial charge >= 0.3 is 11.1 Å². The number of azo groups is 1. The van der Waals surface area contributed by atoms with Crippen LogP contribution >= 0.6 is 23.1 Å². The van der Waals surface area contributed by atoms with Gasteiger partial charge in [-0.05, 0) is 43.8 Å². The van der Waals surface area contributed by atoms with Crippen molar-refractivity contribution in [2.75, 3.05) is 38.2 Å². The monoisotopic (exact) mass is 728 g/mol. The highest BCUT2D eigenvalue weighted by Gasteiger charge is 2.41. The van der Waals surface area contributed by atoms with Gasteiger partial charge in [0.2, 0.25) is 5.78 Å². The summed E-state index contributed by atoms with van der Waals surface area (Å²) in [6.45, 7) is 12.4. The molecule has 0 saturated heterocycles. The third kappa shape index (κ3) is 12.8. The summed E-state index contributed by atoms with van der Waals surface area (Å²) in [7, 11) is 1.27. The van der Waals surface area contributed by atoms with E-state index in [1.54, 1.807) is 0 Å². The SMILES string of the molecule is CCCCCCCCN(CCCCCCCC)c1cnc(C2=C(O)C(=C(/C=C3/N=NC(=[N+](CC)CCCCCCCC)S3)C(=O)OC)C2=O)s1. The first kappa shape index (κ1) is 41.6. The lowest BCUT2D eigenvalue weighted by atomic mass is 9.84. The Balaban J connectivity index is 1.76. The minimum atomic E-state index is -0.709. The van der Waals surface area contributed by atoms with Crippen LogP contribution in [0.5, 0.6) is 0 Å². The number of ether oxygens (including phenoxy) is 1. The van der Waals surface area contributed by atoms with Crippen LogP contribution in [0.4, 0.5) is 5.00 Å². The molecule has 2 heterocycles. The number of Topliss-reactive ketones (excluding diaryl/α,β-unsaturated/α-hetero) is 1. The maximum Gasteiger partial charge on any atom is 0.387 e. The van der Waals surface area contributed by atoms with Gasteiger partial charge in [-0.2, -0.15) is 0 Å². The molecule has 3 rings (SSSR count). The first-order valence-corrected chi connectivity index (χ1v) is 21.0. The summed E-state index contributed by atoms with van der Waals surface area (Å²) in [4.78, 5) is 33.5. The van der Waals surface area contributed by atoms with Gasteiger partial charge in [0.1, 0.15) is 21.3 Å². The highest BCUT2D eigenvalue weighted by atomic mass is 32.2.